The molecule has 0 spiro atoms. The van der Waals surface area contributed by atoms with Crippen LogP contribution >= 0.6 is 23.2 Å². The van der Waals surface area contributed by atoms with E-state index in [1.807, 2.05) is 0 Å². The number of hydrogen-bond donors (Lipinski definition) is 0. The summed E-state index contributed by atoms with van der Waals surface area (Å²) in [6.45, 7) is 0.953. The van der Waals surface area contributed by atoms with Crippen molar-refractivity contribution in [1.29, 1.82) is 0 Å². The van der Waals surface area contributed by atoms with Crippen LogP contribution in [0.3, 0.4) is 0 Å². The van der Waals surface area contributed by atoms with E-state index in [1.165, 1.54) is 24.3 Å². The quantitative estimate of drug-likeness (QED) is 0.746. The molecular weight excluding hydrogens is 415 g/mol. The summed E-state index contributed by atoms with van der Waals surface area (Å²) >= 11 is 11.6. The molecule has 1 aliphatic heterocycles. The number of benzene rings is 2. The van der Waals surface area contributed by atoms with Crippen LogP contribution in [-0.4, -0.2) is 43.8 Å². The summed E-state index contributed by atoms with van der Waals surface area (Å²) in [5.74, 6) is 0.989. The molecule has 0 radical (unpaired) electrons. The van der Waals surface area contributed by atoms with Gasteiger partial charge in [0, 0.05) is 40.2 Å². The Kier molecular flexibility index (Phi) is 6.02. The molecule has 2 aromatic rings. The molecule has 5 nitrogen and oxygen atoms in total. The number of rotatable bonds is 3. The van der Waals surface area contributed by atoms with Crippen LogP contribution in [0.15, 0.2) is 57.2 Å². The predicted octanol–water partition coefficient (Wildman–Crippen LogP) is 3.64. The fourth-order valence-corrected chi connectivity index (χ4v) is 6.34. The van der Waals surface area contributed by atoms with E-state index in [9.17, 15) is 13.2 Å². The molecule has 0 unspecified atom stereocenters. The number of amides is 1. The Morgan fingerprint density at radius 2 is 1.42 bits per heavy atom. The molecule has 138 valence electrons. The highest BCUT2D eigenvalue weighted by Crippen LogP contribution is 2.18. The molecule has 0 saturated carbocycles. The van der Waals surface area contributed by atoms with Crippen LogP contribution in [0, 0.1) is 0 Å². The number of carbonyl (C=O) groups excluding carboxylic acids is 1. The van der Waals surface area contributed by atoms with Crippen molar-refractivity contribution in [3.63, 3.8) is 0 Å². The molecular formula is C17H16Cl2N2O3S2. The largest absolute Gasteiger partial charge is 0.337 e. The minimum Gasteiger partial charge on any atom is -0.337 e. The maximum Gasteiger partial charge on any atom is 0.287 e. The van der Waals surface area contributed by atoms with Crippen LogP contribution in [0.1, 0.15) is 10.4 Å². The zero-order chi connectivity index (χ0) is 18.7. The Hall–Kier alpha value is -1.41. The Labute approximate surface area is 165 Å². The SMILES string of the molecule is O=C(c1ccc(Cl)cc1)N1CCS(=NS(=O)(=O)c2ccc(Cl)cc2)CC1. The lowest BCUT2D eigenvalue weighted by molar-refractivity contribution is 0.0772. The lowest BCUT2D eigenvalue weighted by atomic mass is 10.2. The molecule has 0 aromatic heterocycles. The fourth-order valence-electron chi connectivity index (χ4n) is 2.49. The third kappa shape index (κ3) is 4.65. The third-order valence-electron chi connectivity index (χ3n) is 3.89. The summed E-state index contributed by atoms with van der Waals surface area (Å²) in [5, 5.41) is 1.05. The van der Waals surface area contributed by atoms with E-state index in [2.05, 4.69) is 3.77 Å². The zero-order valence-corrected chi connectivity index (χ0v) is 16.8. The van der Waals surface area contributed by atoms with Gasteiger partial charge in [0.1, 0.15) is 0 Å². The van der Waals surface area contributed by atoms with Gasteiger partial charge in [-0.1, -0.05) is 33.9 Å². The molecule has 0 bridgehead atoms. The van der Waals surface area contributed by atoms with Crippen LogP contribution in [0.4, 0.5) is 0 Å². The highest BCUT2D eigenvalue weighted by atomic mass is 35.5. The smallest absolute Gasteiger partial charge is 0.287 e. The molecule has 0 N–H and O–H groups in total. The summed E-state index contributed by atoms with van der Waals surface area (Å²) in [4.78, 5) is 14.3. The maximum atomic E-state index is 12.5. The lowest BCUT2D eigenvalue weighted by Gasteiger charge is -2.28. The average molecular weight is 431 g/mol. The maximum absolute atomic E-state index is 12.5. The molecule has 1 saturated heterocycles. The average Bonchev–Trinajstić information content (AvgIpc) is 2.62. The summed E-state index contributed by atoms with van der Waals surface area (Å²) in [7, 11) is -4.34. The minimum atomic E-state index is -3.71. The number of sulfonamides is 1. The first kappa shape index (κ1) is 19.4. The predicted molar refractivity (Wildman–Crippen MR) is 106 cm³/mol. The molecule has 9 heteroatoms. The van der Waals surface area contributed by atoms with Gasteiger partial charge in [-0.25, -0.2) is 0 Å². The molecule has 1 aliphatic rings. The van der Waals surface area contributed by atoms with Gasteiger partial charge in [0.25, 0.3) is 15.9 Å². The topological polar surface area (TPSA) is 66.8 Å². The third-order valence-corrected chi connectivity index (χ3v) is 8.19. The number of hydrogen-bond acceptors (Lipinski definition) is 3. The molecule has 1 fully saturated rings. The number of carbonyl (C=O) groups is 1. The van der Waals surface area contributed by atoms with Gasteiger partial charge in [-0.05, 0) is 48.5 Å². The number of halogens is 2. The zero-order valence-electron chi connectivity index (χ0n) is 13.6. The van der Waals surface area contributed by atoms with E-state index in [-0.39, 0.29) is 10.8 Å². The summed E-state index contributed by atoms with van der Waals surface area (Å²) in [6, 6.07) is 12.7. The molecule has 1 amide bonds. The minimum absolute atomic E-state index is 0.0783. The van der Waals surface area contributed by atoms with Crippen molar-refractivity contribution in [2.24, 2.45) is 3.77 Å². The monoisotopic (exact) mass is 430 g/mol. The Morgan fingerprint density at radius 1 is 0.923 bits per heavy atom. The molecule has 0 atom stereocenters. The van der Waals surface area contributed by atoms with Crippen LogP contribution < -0.4 is 0 Å². The molecule has 26 heavy (non-hydrogen) atoms. The first-order valence-electron chi connectivity index (χ1n) is 7.81. The first-order valence-corrected chi connectivity index (χ1v) is 11.5. The molecule has 1 heterocycles. The molecule has 2 aromatic carbocycles. The van der Waals surface area contributed by atoms with Gasteiger partial charge in [0.2, 0.25) is 0 Å². The second-order valence-corrected chi connectivity index (χ2v) is 10.3. The Morgan fingerprint density at radius 3 is 1.96 bits per heavy atom. The molecule has 3 rings (SSSR count). The van der Waals surface area contributed by atoms with E-state index >= 15 is 0 Å². The highest BCUT2D eigenvalue weighted by molar-refractivity contribution is 8.00. The van der Waals surface area contributed by atoms with Gasteiger partial charge >= 0.3 is 0 Å². The van der Waals surface area contributed by atoms with Crippen molar-refractivity contribution < 1.29 is 13.2 Å². The van der Waals surface area contributed by atoms with Gasteiger partial charge in [-0.3, -0.25) is 4.79 Å². The Bertz CT molecular complexity index is 933. The summed E-state index contributed by atoms with van der Waals surface area (Å²) < 4.78 is 28.8. The Balaban J connectivity index is 1.67. The van der Waals surface area contributed by atoms with Gasteiger partial charge in [-0.15, -0.1) is 3.77 Å². The highest BCUT2D eigenvalue weighted by Gasteiger charge is 2.22. The van der Waals surface area contributed by atoms with E-state index in [0.717, 1.165) is 0 Å². The van der Waals surface area contributed by atoms with Crippen molar-refractivity contribution in [1.82, 2.24) is 4.90 Å². The van der Waals surface area contributed by atoms with E-state index in [0.29, 0.717) is 40.2 Å². The number of nitrogens with zero attached hydrogens (tertiary/aromatic N) is 2. The van der Waals surface area contributed by atoms with Gasteiger partial charge in [0.15, 0.2) is 0 Å². The van der Waals surface area contributed by atoms with Gasteiger partial charge < -0.3 is 4.90 Å². The van der Waals surface area contributed by atoms with Crippen molar-refractivity contribution in [2.75, 3.05) is 24.6 Å². The van der Waals surface area contributed by atoms with Crippen molar-refractivity contribution in [3.05, 3.63) is 64.1 Å². The first-order chi connectivity index (χ1) is 12.3. The second kappa shape index (κ2) is 8.08. The van der Waals surface area contributed by atoms with Crippen molar-refractivity contribution >= 4 is 49.8 Å². The second-order valence-electron chi connectivity index (χ2n) is 5.67. The normalized spacial score (nSPS) is 15.7. The van der Waals surface area contributed by atoms with E-state index < -0.39 is 20.7 Å². The van der Waals surface area contributed by atoms with Crippen molar-refractivity contribution in [3.8, 4) is 0 Å². The van der Waals surface area contributed by atoms with Crippen LogP contribution in [-0.2, 0) is 20.7 Å². The summed E-state index contributed by atoms with van der Waals surface area (Å²) in [5.41, 5.74) is 0.571. The lowest BCUT2D eigenvalue weighted by Crippen LogP contribution is -2.41. The van der Waals surface area contributed by atoms with Gasteiger partial charge in [0.05, 0.1) is 4.90 Å². The van der Waals surface area contributed by atoms with Crippen molar-refractivity contribution in [2.45, 2.75) is 4.90 Å². The van der Waals surface area contributed by atoms with Crippen LogP contribution in [0.2, 0.25) is 10.0 Å². The fraction of sp³-hybridized carbons (Fsp3) is 0.235. The standard InChI is InChI=1S/C17H16Cl2N2O3S2/c18-14-3-1-13(2-4-14)17(22)21-9-11-25(12-10-21)20-26(23,24)16-7-5-15(19)6-8-16/h1-8H,9-12H2. The molecule has 0 aliphatic carbocycles. The summed E-state index contributed by atoms with van der Waals surface area (Å²) in [6.07, 6.45) is 0. The van der Waals surface area contributed by atoms with Crippen LogP contribution in [0.25, 0.3) is 0 Å². The van der Waals surface area contributed by atoms with Gasteiger partial charge in [-0.2, -0.15) is 8.42 Å². The van der Waals surface area contributed by atoms with E-state index in [4.69, 9.17) is 23.2 Å². The van der Waals surface area contributed by atoms with E-state index in [1.54, 1.807) is 29.2 Å². The van der Waals surface area contributed by atoms with Crippen LogP contribution in [0.5, 0.6) is 0 Å².